The molecule has 3 rings (SSSR count). The molecule has 120 valence electrons. The number of amides is 2. The van der Waals surface area contributed by atoms with Gasteiger partial charge in [0.05, 0.1) is 0 Å². The van der Waals surface area contributed by atoms with Crippen LogP contribution in [0.15, 0.2) is 48.5 Å². The molecule has 1 aliphatic rings. The van der Waals surface area contributed by atoms with E-state index in [1.165, 1.54) is 4.90 Å². The van der Waals surface area contributed by atoms with Crippen LogP contribution in [0.3, 0.4) is 0 Å². The predicted molar refractivity (Wildman–Crippen MR) is 93.0 cm³/mol. The molecule has 2 aromatic rings. The Kier molecular flexibility index (Phi) is 4.27. The van der Waals surface area contributed by atoms with E-state index in [0.717, 1.165) is 11.1 Å². The number of nitriles is 1. The summed E-state index contributed by atoms with van der Waals surface area (Å²) in [4.78, 5) is 29.6. The number of rotatable bonds is 3. The second kappa shape index (κ2) is 6.24. The van der Waals surface area contributed by atoms with E-state index < -0.39 is 5.41 Å². The van der Waals surface area contributed by atoms with E-state index in [2.05, 4.69) is 4.97 Å². The van der Waals surface area contributed by atoms with Crippen LogP contribution in [0.5, 0.6) is 0 Å². The van der Waals surface area contributed by atoms with Crippen LogP contribution in [-0.4, -0.2) is 26.8 Å². The number of fused-ring (bicyclic) bond motifs is 1. The van der Waals surface area contributed by atoms with Crippen molar-refractivity contribution in [2.24, 2.45) is 0 Å². The molecule has 1 unspecified atom stereocenters. The van der Waals surface area contributed by atoms with Gasteiger partial charge in [0.15, 0.2) is 0 Å². The molecule has 0 spiro atoms. The van der Waals surface area contributed by atoms with Crippen molar-refractivity contribution < 1.29 is 9.59 Å². The number of aryl methyl sites for hydroxylation is 1. The van der Waals surface area contributed by atoms with Crippen molar-refractivity contribution in [3.8, 4) is 4.97 Å². The molecule has 0 aromatic heterocycles. The first-order chi connectivity index (χ1) is 11.5. The summed E-state index contributed by atoms with van der Waals surface area (Å²) in [5.41, 5.74) is 2.03. The topological polar surface area (TPSA) is 61.2 Å². The number of anilines is 1. The van der Waals surface area contributed by atoms with Crippen LogP contribution < -0.4 is 4.90 Å². The summed E-state index contributed by atoms with van der Waals surface area (Å²) in [6.07, 6.45) is 0. The van der Waals surface area contributed by atoms with Crippen molar-refractivity contribution in [2.75, 3.05) is 4.90 Å². The van der Waals surface area contributed by atoms with E-state index in [0.29, 0.717) is 16.6 Å². The molecule has 0 radical (unpaired) electrons. The molecule has 0 saturated carbocycles. The second-order valence-electron chi connectivity index (χ2n) is 6.04. The molecule has 0 fully saturated rings. The second-order valence-corrected chi connectivity index (χ2v) is 7.63. The Morgan fingerprint density at radius 2 is 1.79 bits per heavy atom. The molecule has 1 aliphatic heterocycles. The average molecular weight is 383 g/mol. The van der Waals surface area contributed by atoms with Crippen LogP contribution in [0.4, 0.5) is 5.69 Å². The summed E-state index contributed by atoms with van der Waals surface area (Å²) < 4.78 is 0. The Bertz CT molecular complexity index is 854. The van der Waals surface area contributed by atoms with Crippen molar-refractivity contribution in [1.29, 1.82) is 5.26 Å². The Morgan fingerprint density at radius 3 is 2.46 bits per heavy atom. The van der Waals surface area contributed by atoms with Crippen LogP contribution in [0.25, 0.3) is 0 Å². The monoisotopic (exact) mass is 384 g/mol. The van der Waals surface area contributed by atoms with Gasteiger partial charge in [0, 0.05) is 0 Å². The SMILES string of the molecule is Cc1ccc(N2C(=O)c3ccccc3C(C)(C[Se]C#N)C2=O)cc1. The average Bonchev–Trinajstić information content (AvgIpc) is 2.60. The summed E-state index contributed by atoms with van der Waals surface area (Å²) in [7, 11) is 0. The third-order valence-corrected chi connectivity index (χ3v) is 6.13. The summed E-state index contributed by atoms with van der Waals surface area (Å²) in [6, 6.07) is 14.5. The van der Waals surface area contributed by atoms with Gasteiger partial charge in [-0.15, -0.1) is 0 Å². The van der Waals surface area contributed by atoms with Gasteiger partial charge in [-0.2, -0.15) is 0 Å². The van der Waals surface area contributed by atoms with E-state index >= 15 is 0 Å². The summed E-state index contributed by atoms with van der Waals surface area (Å²) >= 11 is -0.323. The molecular weight excluding hydrogens is 367 g/mol. The third-order valence-electron chi connectivity index (χ3n) is 4.35. The fraction of sp³-hybridized carbons (Fsp3) is 0.211. The number of imide groups is 1. The van der Waals surface area contributed by atoms with E-state index in [9.17, 15) is 9.59 Å². The zero-order valence-corrected chi connectivity index (χ0v) is 15.2. The summed E-state index contributed by atoms with van der Waals surface area (Å²) in [5, 5.41) is 9.44. The van der Waals surface area contributed by atoms with Crippen LogP contribution in [0.1, 0.15) is 28.4 Å². The molecule has 1 atom stereocenters. The third kappa shape index (κ3) is 2.54. The van der Waals surface area contributed by atoms with Crippen molar-refractivity contribution in [3.05, 3.63) is 65.2 Å². The Hall–Kier alpha value is -2.41. The maximum atomic E-state index is 13.2. The van der Waals surface area contributed by atoms with Crippen LogP contribution in [0, 0.1) is 17.2 Å². The number of hydrogen-bond donors (Lipinski definition) is 0. The van der Waals surface area contributed by atoms with Gasteiger partial charge < -0.3 is 0 Å². The van der Waals surface area contributed by atoms with Gasteiger partial charge in [-0.25, -0.2) is 0 Å². The zero-order valence-electron chi connectivity index (χ0n) is 13.4. The van der Waals surface area contributed by atoms with E-state index in [1.54, 1.807) is 24.3 Å². The fourth-order valence-corrected chi connectivity index (χ4v) is 4.30. The Balaban J connectivity index is 2.17. The summed E-state index contributed by atoms with van der Waals surface area (Å²) in [5.74, 6) is -0.562. The minimum atomic E-state index is -0.856. The van der Waals surface area contributed by atoms with Gasteiger partial charge in [0.25, 0.3) is 0 Å². The molecular formula is C19H16N2O2Se. The van der Waals surface area contributed by atoms with Gasteiger partial charge in [-0.05, 0) is 0 Å². The van der Waals surface area contributed by atoms with Crippen molar-refractivity contribution in [1.82, 2.24) is 0 Å². The first kappa shape index (κ1) is 16.4. The first-order valence-corrected chi connectivity index (χ1v) is 9.62. The molecule has 0 N–H and O–H groups in total. The quantitative estimate of drug-likeness (QED) is 0.605. The van der Waals surface area contributed by atoms with Crippen molar-refractivity contribution in [3.63, 3.8) is 0 Å². The molecule has 0 aliphatic carbocycles. The molecule has 4 nitrogen and oxygen atoms in total. The number of nitrogens with zero attached hydrogens (tertiary/aromatic N) is 2. The van der Waals surface area contributed by atoms with Crippen molar-refractivity contribution in [2.45, 2.75) is 24.6 Å². The van der Waals surface area contributed by atoms with Gasteiger partial charge in [0.1, 0.15) is 0 Å². The maximum absolute atomic E-state index is 13.2. The number of benzene rings is 2. The van der Waals surface area contributed by atoms with E-state index in [1.807, 2.05) is 38.1 Å². The number of carbonyl (C=O) groups excluding carboxylic acids is 2. The molecule has 0 bridgehead atoms. The van der Waals surface area contributed by atoms with Gasteiger partial charge >= 0.3 is 147 Å². The van der Waals surface area contributed by atoms with Gasteiger partial charge in [0.2, 0.25) is 0 Å². The normalized spacial score (nSPS) is 19.8. The number of carbonyl (C=O) groups is 2. The first-order valence-electron chi connectivity index (χ1n) is 7.55. The fourth-order valence-electron chi connectivity index (χ4n) is 2.97. The molecule has 24 heavy (non-hydrogen) atoms. The van der Waals surface area contributed by atoms with E-state index in [-0.39, 0.29) is 26.8 Å². The minimum absolute atomic E-state index is 0.257. The van der Waals surface area contributed by atoms with Crippen molar-refractivity contribution >= 4 is 32.5 Å². The molecule has 2 amide bonds. The predicted octanol–water partition coefficient (Wildman–Crippen LogP) is 3.04. The van der Waals surface area contributed by atoms with Crippen LogP contribution in [0.2, 0.25) is 5.32 Å². The molecule has 2 aromatic carbocycles. The Morgan fingerprint density at radius 1 is 1.12 bits per heavy atom. The van der Waals surface area contributed by atoms with Crippen LogP contribution in [-0.2, 0) is 10.2 Å². The zero-order chi connectivity index (χ0) is 17.3. The van der Waals surface area contributed by atoms with Gasteiger partial charge in [-0.1, -0.05) is 0 Å². The standard InChI is InChI=1S/C19H16N2O2Se/c1-13-7-9-14(10-8-13)21-17(22)15-5-3-4-6-16(15)19(2,18(21)23)11-24-12-20/h3-10H,11H2,1-2H3. The van der Waals surface area contributed by atoms with E-state index in [4.69, 9.17) is 5.26 Å². The summed E-state index contributed by atoms with van der Waals surface area (Å²) in [6.45, 7) is 3.79. The molecule has 0 saturated heterocycles. The number of hydrogen-bond acceptors (Lipinski definition) is 3. The molecule has 1 heterocycles. The molecule has 5 heteroatoms. The Labute approximate surface area is 147 Å². The van der Waals surface area contributed by atoms with Crippen LogP contribution >= 0.6 is 0 Å². The van der Waals surface area contributed by atoms with Gasteiger partial charge in [-0.3, -0.25) is 0 Å².